The minimum atomic E-state index is 0.745. The molecule has 0 N–H and O–H groups in total. The van der Waals surface area contributed by atoms with Crippen LogP contribution in [0.15, 0.2) is 12.7 Å². The fraction of sp³-hybridized carbons (Fsp3) is 0.667. The molecular formula is C6H12Al+. The third kappa shape index (κ3) is 6.27. The molecule has 0 amide bonds. The Hall–Kier alpha value is 0.272. The van der Waals surface area contributed by atoms with Crippen molar-refractivity contribution in [3.63, 3.8) is 0 Å². The predicted molar refractivity (Wildman–Crippen MR) is 35.9 cm³/mol. The first kappa shape index (κ1) is 7.27. The van der Waals surface area contributed by atoms with E-state index in [1.54, 1.807) is 0 Å². The molecule has 0 saturated heterocycles. The molecule has 0 atom stereocenters. The second-order valence-electron chi connectivity index (χ2n) is 1.56. The first-order valence-electron chi connectivity index (χ1n) is 2.84. The van der Waals surface area contributed by atoms with Crippen molar-refractivity contribution in [1.29, 1.82) is 0 Å². The van der Waals surface area contributed by atoms with E-state index in [-0.39, 0.29) is 0 Å². The van der Waals surface area contributed by atoms with Crippen molar-refractivity contribution < 1.29 is 0 Å². The summed E-state index contributed by atoms with van der Waals surface area (Å²) in [5.41, 5.74) is 0. The van der Waals surface area contributed by atoms with Gasteiger partial charge in [-0.25, -0.2) is 0 Å². The quantitative estimate of drug-likeness (QED) is 0.296. The minimum absolute atomic E-state index is 0.745. The van der Waals surface area contributed by atoms with Crippen molar-refractivity contribution in [2.45, 2.75) is 23.9 Å². The summed E-state index contributed by atoms with van der Waals surface area (Å²) in [5, 5.41) is 2.80. The molecule has 7 heavy (non-hydrogen) atoms. The van der Waals surface area contributed by atoms with Gasteiger partial charge < -0.3 is 0 Å². The number of rotatable bonds is 4. The molecule has 0 aliphatic heterocycles. The van der Waals surface area contributed by atoms with E-state index in [1.807, 2.05) is 6.08 Å². The van der Waals surface area contributed by atoms with Crippen LogP contribution < -0.4 is 0 Å². The normalized spacial score (nSPS) is 7.57. The first-order chi connectivity index (χ1) is 3.41. The Morgan fingerprint density at radius 3 is 2.86 bits per heavy atom. The van der Waals surface area contributed by atoms with Gasteiger partial charge in [0.05, 0.1) is 0 Å². The second kappa shape index (κ2) is 6.27. The zero-order valence-corrected chi connectivity index (χ0v) is 6.14. The fourth-order valence-corrected chi connectivity index (χ4v) is 1.32. The molecule has 0 radical (unpaired) electrons. The van der Waals surface area contributed by atoms with Crippen molar-refractivity contribution in [2.24, 2.45) is 0 Å². The molecule has 0 fully saturated rings. The Labute approximate surface area is 52.3 Å². The second-order valence-corrected chi connectivity index (χ2v) is 3.53. The van der Waals surface area contributed by atoms with Gasteiger partial charge in [-0.2, -0.15) is 0 Å². The Bertz CT molecular complexity index is 41.4. The summed E-state index contributed by atoms with van der Waals surface area (Å²) >= 11 is 0.745. The predicted octanol–water partition coefficient (Wildman–Crippen LogP) is 2.12. The van der Waals surface area contributed by atoms with Crippen LogP contribution in [0.25, 0.3) is 0 Å². The fourth-order valence-electron chi connectivity index (χ4n) is 0.440. The van der Waals surface area contributed by atoms with Crippen LogP contribution in [0.4, 0.5) is 0 Å². The van der Waals surface area contributed by atoms with Crippen LogP contribution >= 0.6 is 0 Å². The molecule has 0 aromatic carbocycles. The maximum atomic E-state index is 3.65. The van der Waals surface area contributed by atoms with Crippen molar-refractivity contribution in [2.75, 3.05) is 0 Å². The number of hydrogen-bond donors (Lipinski definition) is 0. The van der Waals surface area contributed by atoms with Gasteiger partial charge in [0.1, 0.15) is 0 Å². The monoisotopic (exact) mass is 111 g/mol. The van der Waals surface area contributed by atoms with Crippen LogP contribution in [-0.4, -0.2) is 15.2 Å². The van der Waals surface area contributed by atoms with Gasteiger partial charge in [-0.05, 0) is 0 Å². The summed E-state index contributed by atoms with van der Waals surface area (Å²) in [5.74, 6) is 0. The SMILES string of the molecule is C=CC[CH2][Al+][CH2]C. The molecule has 0 aliphatic rings. The average molecular weight is 111 g/mol. The van der Waals surface area contributed by atoms with E-state index in [4.69, 9.17) is 0 Å². The van der Waals surface area contributed by atoms with E-state index in [0.29, 0.717) is 0 Å². The molecule has 0 aromatic rings. The standard InChI is InChI=1S/C4H7.C2H5.Al/c1-3-4-2;1-2;/h3H,1-2,4H2;1H2,2H3;/q;;+1. The third-order valence-corrected chi connectivity index (χ3v) is 2.18. The Kier molecular flexibility index (Phi) is 6.52. The van der Waals surface area contributed by atoms with Gasteiger partial charge in [0, 0.05) is 0 Å². The van der Waals surface area contributed by atoms with Crippen molar-refractivity contribution in [3.8, 4) is 0 Å². The molecule has 0 spiro atoms. The van der Waals surface area contributed by atoms with Gasteiger partial charge >= 0.3 is 51.8 Å². The van der Waals surface area contributed by atoms with Crippen LogP contribution in [-0.2, 0) is 0 Å². The summed E-state index contributed by atoms with van der Waals surface area (Å²) in [4.78, 5) is 0. The van der Waals surface area contributed by atoms with E-state index in [9.17, 15) is 0 Å². The van der Waals surface area contributed by atoms with Crippen molar-refractivity contribution in [3.05, 3.63) is 12.7 Å². The Morgan fingerprint density at radius 1 is 1.71 bits per heavy atom. The van der Waals surface area contributed by atoms with Crippen LogP contribution in [0.2, 0.25) is 10.6 Å². The number of allylic oxidation sites excluding steroid dienone is 1. The van der Waals surface area contributed by atoms with E-state index in [1.165, 1.54) is 17.0 Å². The van der Waals surface area contributed by atoms with Crippen molar-refractivity contribution in [1.82, 2.24) is 0 Å². The molecule has 0 unspecified atom stereocenters. The zero-order chi connectivity index (χ0) is 5.54. The molecule has 0 rings (SSSR count). The van der Waals surface area contributed by atoms with Crippen LogP contribution in [0.1, 0.15) is 13.3 Å². The van der Waals surface area contributed by atoms with Crippen LogP contribution in [0.3, 0.4) is 0 Å². The third-order valence-electron chi connectivity index (χ3n) is 0.864. The Morgan fingerprint density at radius 2 is 2.43 bits per heavy atom. The molecule has 0 saturated carbocycles. The maximum absolute atomic E-state index is 3.65. The molecule has 0 bridgehead atoms. The summed E-state index contributed by atoms with van der Waals surface area (Å²) in [6.45, 7) is 5.89. The summed E-state index contributed by atoms with van der Waals surface area (Å²) < 4.78 is 0. The Balaban J connectivity index is 2.56. The van der Waals surface area contributed by atoms with Gasteiger partial charge in [0.25, 0.3) is 0 Å². The molecule has 1 heteroatoms. The summed E-state index contributed by atoms with van der Waals surface area (Å²) in [7, 11) is 0. The van der Waals surface area contributed by atoms with Gasteiger partial charge in [-0.15, -0.1) is 0 Å². The van der Waals surface area contributed by atoms with Gasteiger partial charge in [0.2, 0.25) is 0 Å². The molecule has 0 aromatic heterocycles. The first-order valence-corrected chi connectivity index (χ1v) is 4.47. The average Bonchev–Trinajstić information content (AvgIpc) is 1.69. The van der Waals surface area contributed by atoms with E-state index in [0.717, 1.165) is 15.2 Å². The molecule has 0 nitrogen and oxygen atoms in total. The van der Waals surface area contributed by atoms with E-state index >= 15 is 0 Å². The van der Waals surface area contributed by atoms with Crippen LogP contribution in [0, 0.1) is 0 Å². The molecule has 38 valence electrons. The van der Waals surface area contributed by atoms with Crippen molar-refractivity contribution >= 4 is 15.2 Å². The molecule has 0 aliphatic carbocycles. The van der Waals surface area contributed by atoms with E-state index < -0.39 is 0 Å². The molecule has 0 heterocycles. The zero-order valence-electron chi connectivity index (χ0n) is 4.98. The summed E-state index contributed by atoms with van der Waals surface area (Å²) in [6, 6.07) is 0. The topological polar surface area (TPSA) is 0 Å². The van der Waals surface area contributed by atoms with Gasteiger partial charge in [0.15, 0.2) is 0 Å². The molecular weight excluding hydrogens is 99.0 g/mol. The van der Waals surface area contributed by atoms with Gasteiger partial charge in [-0.3, -0.25) is 0 Å². The number of hydrogen-bond acceptors (Lipinski definition) is 0. The van der Waals surface area contributed by atoms with E-state index in [2.05, 4.69) is 13.5 Å². The van der Waals surface area contributed by atoms with Crippen LogP contribution in [0.5, 0.6) is 0 Å². The summed E-state index contributed by atoms with van der Waals surface area (Å²) in [6.07, 6.45) is 3.23. The van der Waals surface area contributed by atoms with Gasteiger partial charge in [-0.1, -0.05) is 0 Å².